The predicted octanol–water partition coefficient (Wildman–Crippen LogP) is 2.12. The van der Waals surface area contributed by atoms with E-state index in [1.807, 2.05) is 6.92 Å². The van der Waals surface area contributed by atoms with Crippen molar-refractivity contribution in [3.05, 3.63) is 46.5 Å². The molecule has 0 bridgehead atoms. The number of hydrogen-bond donors (Lipinski definition) is 0. The van der Waals surface area contributed by atoms with Gasteiger partial charge >= 0.3 is 0 Å². The predicted molar refractivity (Wildman–Crippen MR) is 71.5 cm³/mol. The highest BCUT2D eigenvalue weighted by Gasteiger charge is 2.19. The second-order valence-electron chi connectivity index (χ2n) is 4.07. The summed E-state index contributed by atoms with van der Waals surface area (Å²) in [4.78, 5) is 16.5. The Balaban J connectivity index is 2.32. The second kappa shape index (κ2) is 5.95. The van der Waals surface area contributed by atoms with Crippen LogP contribution in [0.3, 0.4) is 0 Å². The van der Waals surface area contributed by atoms with E-state index in [1.165, 1.54) is 6.20 Å². The van der Waals surface area contributed by atoms with Crippen LogP contribution in [0.25, 0.3) is 0 Å². The van der Waals surface area contributed by atoms with Gasteiger partial charge in [0.05, 0.1) is 24.4 Å². The Morgan fingerprint density at radius 2 is 2.21 bits per heavy atom. The number of halogens is 1. The van der Waals surface area contributed by atoms with Gasteiger partial charge < -0.3 is 4.74 Å². The lowest BCUT2D eigenvalue weighted by Gasteiger charge is -2.06. The summed E-state index contributed by atoms with van der Waals surface area (Å²) in [6.07, 6.45) is 3.01. The summed E-state index contributed by atoms with van der Waals surface area (Å²) in [5, 5.41) is 4.42. The van der Waals surface area contributed by atoms with Crippen molar-refractivity contribution in [3.8, 4) is 0 Å². The topological polar surface area (TPSA) is 57.0 Å². The number of ether oxygens (including phenoxy) is 1. The first-order valence-corrected chi connectivity index (χ1v) is 6.19. The number of rotatable bonds is 5. The zero-order valence-electron chi connectivity index (χ0n) is 10.8. The summed E-state index contributed by atoms with van der Waals surface area (Å²) in [5.41, 5.74) is 1.71. The van der Waals surface area contributed by atoms with Gasteiger partial charge in [-0.15, -0.1) is 0 Å². The van der Waals surface area contributed by atoms with Gasteiger partial charge in [0.25, 0.3) is 0 Å². The molecule has 0 fully saturated rings. The summed E-state index contributed by atoms with van der Waals surface area (Å²) in [6.45, 7) is 2.80. The third kappa shape index (κ3) is 3.00. The van der Waals surface area contributed by atoms with Crippen LogP contribution in [-0.2, 0) is 11.3 Å². The van der Waals surface area contributed by atoms with Gasteiger partial charge in [-0.25, -0.2) is 0 Å². The van der Waals surface area contributed by atoms with E-state index < -0.39 is 0 Å². The lowest BCUT2D eigenvalue weighted by atomic mass is 10.1. The number of carbonyl (C=O) groups is 1. The first-order valence-electron chi connectivity index (χ1n) is 5.81. The molecule has 0 aromatic carbocycles. The molecule has 19 heavy (non-hydrogen) atoms. The van der Waals surface area contributed by atoms with Crippen LogP contribution in [0.4, 0.5) is 0 Å². The lowest BCUT2D eigenvalue weighted by Crippen LogP contribution is -2.15. The van der Waals surface area contributed by atoms with Crippen molar-refractivity contribution in [2.75, 3.05) is 13.7 Å². The number of carbonyl (C=O) groups excluding carboxylic acids is 1. The Labute approximate surface area is 116 Å². The summed E-state index contributed by atoms with van der Waals surface area (Å²) < 4.78 is 6.53. The maximum absolute atomic E-state index is 12.4. The smallest absolute Gasteiger partial charge is 0.214 e. The summed E-state index contributed by atoms with van der Waals surface area (Å²) >= 11 is 6.03. The minimum atomic E-state index is -0.189. The van der Waals surface area contributed by atoms with E-state index in [-0.39, 0.29) is 5.78 Å². The van der Waals surface area contributed by atoms with Gasteiger partial charge in [-0.1, -0.05) is 11.6 Å². The Morgan fingerprint density at radius 1 is 1.42 bits per heavy atom. The second-order valence-corrected chi connectivity index (χ2v) is 4.48. The zero-order chi connectivity index (χ0) is 13.8. The zero-order valence-corrected chi connectivity index (χ0v) is 11.5. The van der Waals surface area contributed by atoms with Gasteiger partial charge in [0.2, 0.25) is 5.78 Å². The van der Waals surface area contributed by atoms with Crippen LogP contribution in [0.2, 0.25) is 5.02 Å². The quantitative estimate of drug-likeness (QED) is 0.787. The minimum Gasteiger partial charge on any atom is -0.383 e. The van der Waals surface area contributed by atoms with Gasteiger partial charge in [0.15, 0.2) is 0 Å². The van der Waals surface area contributed by atoms with Gasteiger partial charge in [0, 0.05) is 24.6 Å². The Morgan fingerprint density at radius 3 is 2.84 bits per heavy atom. The molecular formula is C13H14ClN3O2. The molecule has 5 nitrogen and oxygen atoms in total. The average Bonchev–Trinajstić information content (AvgIpc) is 2.77. The molecule has 0 amide bonds. The van der Waals surface area contributed by atoms with E-state index in [0.29, 0.717) is 29.4 Å². The molecule has 0 aliphatic rings. The Kier molecular flexibility index (Phi) is 4.29. The van der Waals surface area contributed by atoms with E-state index >= 15 is 0 Å². The normalized spacial score (nSPS) is 10.7. The maximum atomic E-state index is 12.4. The van der Waals surface area contributed by atoms with Crippen molar-refractivity contribution < 1.29 is 9.53 Å². The van der Waals surface area contributed by atoms with E-state index in [0.717, 1.165) is 5.69 Å². The standard InChI is InChI=1S/C13H14ClN3O2/c1-9-3-4-10(7-15-9)13(18)12-11(14)8-16-17(12)5-6-19-2/h3-4,7-8H,5-6H2,1-2H3. The maximum Gasteiger partial charge on any atom is 0.214 e. The molecule has 0 N–H and O–H groups in total. The average molecular weight is 280 g/mol. The SMILES string of the molecule is COCCn1ncc(Cl)c1C(=O)c1ccc(C)nc1. The van der Waals surface area contributed by atoms with Gasteiger partial charge in [-0.2, -0.15) is 5.10 Å². The van der Waals surface area contributed by atoms with Crippen LogP contribution in [-0.4, -0.2) is 34.3 Å². The van der Waals surface area contributed by atoms with Crippen LogP contribution in [0, 0.1) is 6.92 Å². The minimum absolute atomic E-state index is 0.189. The molecule has 0 spiro atoms. The first-order chi connectivity index (χ1) is 9.13. The molecule has 6 heteroatoms. The van der Waals surface area contributed by atoms with Crippen LogP contribution in [0.15, 0.2) is 24.5 Å². The van der Waals surface area contributed by atoms with Crippen molar-refractivity contribution in [1.29, 1.82) is 0 Å². The van der Waals surface area contributed by atoms with Crippen molar-refractivity contribution >= 4 is 17.4 Å². The highest BCUT2D eigenvalue weighted by atomic mass is 35.5. The fraction of sp³-hybridized carbons (Fsp3) is 0.308. The number of ketones is 1. The molecule has 100 valence electrons. The first kappa shape index (κ1) is 13.7. The molecule has 2 aromatic rings. The van der Waals surface area contributed by atoms with Crippen molar-refractivity contribution in [3.63, 3.8) is 0 Å². The van der Waals surface area contributed by atoms with Gasteiger partial charge in [-0.05, 0) is 19.1 Å². The lowest BCUT2D eigenvalue weighted by molar-refractivity contribution is 0.102. The molecule has 0 unspecified atom stereocenters. The van der Waals surface area contributed by atoms with Crippen LogP contribution >= 0.6 is 11.6 Å². The number of nitrogens with zero attached hydrogens (tertiary/aromatic N) is 3. The fourth-order valence-corrected chi connectivity index (χ4v) is 1.90. The molecule has 2 heterocycles. The molecule has 0 saturated carbocycles. The largest absolute Gasteiger partial charge is 0.383 e. The third-order valence-electron chi connectivity index (χ3n) is 2.69. The van der Waals surface area contributed by atoms with Gasteiger partial charge in [-0.3, -0.25) is 14.5 Å². The monoisotopic (exact) mass is 279 g/mol. The molecule has 0 aliphatic carbocycles. The van der Waals surface area contributed by atoms with Gasteiger partial charge in [0.1, 0.15) is 5.69 Å². The number of hydrogen-bond acceptors (Lipinski definition) is 4. The highest BCUT2D eigenvalue weighted by molar-refractivity contribution is 6.34. The summed E-state index contributed by atoms with van der Waals surface area (Å²) in [6, 6.07) is 3.52. The number of aromatic nitrogens is 3. The highest BCUT2D eigenvalue weighted by Crippen LogP contribution is 2.19. The molecule has 2 rings (SSSR count). The molecular weight excluding hydrogens is 266 g/mol. The third-order valence-corrected chi connectivity index (χ3v) is 2.97. The van der Waals surface area contributed by atoms with Crippen molar-refractivity contribution in [1.82, 2.24) is 14.8 Å². The number of pyridine rings is 1. The Bertz CT molecular complexity index is 578. The number of methoxy groups -OCH3 is 1. The summed E-state index contributed by atoms with van der Waals surface area (Å²) in [7, 11) is 1.59. The van der Waals surface area contributed by atoms with Crippen LogP contribution in [0.1, 0.15) is 21.7 Å². The Hall–Kier alpha value is -1.72. The van der Waals surface area contributed by atoms with Crippen molar-refractivity contribution in [2.24, 2.45) is 0 Å². The fourth-order valence-electron chi connectivity index (χ4n) is 1.67. The van der Waals surface area contributed by atoms with Crippen molar-refractivity contribution in [2.45, 2.75) is 13.5 Å². The molecule has 0 atom stereocenters. The van der Waals surface area contributed by atoms with E-state index in [1.54, 1.807) is 30.1 Å². The van der Waals surface area contributed by atoms with E-state index in [4.69, 9.17) is 16.3 Å². The molecule has 0 saturated heterocycles. The summed E-state index contributed by atoms with van der Waals surface area (Å²) in [5.74, 6) is -0.189. The van der Waals surface area contributed by atoms with E-state index in [2.05, 4.69) is 10.1 Å². The van der Waals surface area contributed by atoms with Crippen LogP contribution in [0.5, 0.6) is 0 Å². The number of aryl methyl sites for hydroxylation is 1. The molecule has 0 radical (unpaired) electrons. The van der Waals surface area contributed by atoms with Crippen LogP contribution < -0.4 is 0 Å². The molecule has 0 aliphatic heterocycles. The van der Waals surface area contributed by atoms with E-state index in [9.17, 15) is 4.79 Å². The molecule has 2 aromatic heterocycles.